The van der Waals surface area contributed by atoms with Gasteiger partial charge >= 0.3 is 7.12 Å². The van der Waals surface area contributed by atoms with Gasteiger partial charge in [0.1, 0.15) is 5.75 Å². The van der Waals surface area contributed by atoms with Gasteiger partial charge in [0.25, 0.3) is 0 Å². The predicted octanol–water partition coefficient (Wildman–Crippen LogP) is 4.21. The Morgan fingerprint density at radius 2 is 1.85 bits per heavy atom. The molecule has 0 aromatic heterocycles. The Kier molecular flexibility index (Phi) is 8.31. The summed E-state index contributed by atoms with van der Waals surface area (Å²) in [4.78, 5) is 28.7. The minimum atomic E-state index is -1.68. The molecule has 0 radical (unpaired) electrons. The molecule has 2 saturated heterocycles. The first kappa shape index (κ1) is 28.3. The van der Waals surface area contributed by atoms with Gasteiger partial charge in [-0.15, -0.1) is 0 Å². The van der Waals surface area contributed by atoms with E-state index in [-0.39, 0.29) is 41.0 Å². The first-order valence-electron chi connectivity index (χ1n) is 14.4. The normalized spacial score (nSPS) is 24.6. The molecule has 2 aliphatic heterocycles. The lowest BCUT2D eigenvalue weighted by molar-refractivity contribution is -0.122. The van der Waals surface area contributed by atoms with Crippen molar-refractivity contribution in [3.63, 3.8) is 0 Å². The lowest BCUT2D eigenvalue weighted by Crippen LogP contribution is -2.36. The number of aromatic hydroxyl groups is 1. The molecule has 2 amide bonds. The average molecular weight is 543 g/mol. The zero-order valence-corrected chi connectivity index (χ0v) is 23.4. The van der Waals surface area contributed by atoms with Crippen LogP contribution in [0.5, 0.6) is 5.75 Å². The van der Waals surface area contributed by atoms with Gasteiger partial charge in [-0.3, -0.25) is 14.5 Å². The number of amides is 2. The molecule has 0 bridgehead atoms. The van der Waals surface area contributed by atoms with Crippen LogP contribution in [0.2, 0.25) is 0 Å². The summed E-state index contributed by atoms with van der Waals surface area (Å²) in [7, 11) is -1.68. The standard InChI is InChI=1S/C32H38BNO6/c1-4-8-20(15-21-9-5-6-12-27(21)35)13-14-28-29-24(19(2)3)17-25-30(26(29)18-40-28)32(37)34(31(25)36)23-11-7-10-22(16-23)33(38)39/h5-7,9-12,15-16,19,25-26,28,30,35,38-39H,4,8,13-14,17-18H2,1-3H3/b20-15+/t25-,26+,28-,30-/m1/s1. The van der Waals surface area contributed by atoms with E-state index >= 15 is 0 Å². The van der Waals surface area contributed by atoms with Crippen LogP contribution in [-0.4, -0.2) is 46.8 Å². The fourth-order valence-corrected chi connectivity index (χ4v) is 6.77. The fraction of sp³-hybridized carbons (Fsp3) is 0.438. The van der Waals surface area contributed by atoms with Crippen LogP contribution >= 0.6 is 0 Å². The summed E-state index contributed by atoms with van der Waals surface area (Å²) < 4.78 is 6.38. The van der Waals surface area contributed by atoms with Crippen LogP contribution in [0.3, 0.4) is 0 Å². The molecule has 40 heavy (non-hydrogen) atoms. The number of fused-ring (bicyclic) bond motifs is 3. The molecule has 4 atom stereocenters. The highest BCUT2D eigenvalue weighted by Gasteiger charge is 2.57. The van der Waals surface area contributed by atoms with Crippen LogP contribution in [-0.2, 0) is 14.3 Å². The molecular weight excluding hydrogens is 505 g/mol. The van der Waals surface area contributed by atoms with E-state index in [2.05, 4.69) is 26.8 Å². The molecule has 7 nitrogen and oxygen atoms in total. The quantitative estimate of drug-likeness (QED) is 0.249. The molecule has 2 fully saturated rings. The zero-order valence-electron chi connectivity index (χ0n) is 23.4. The molecule has 2 aromatic carbocycles. The van der Waals surface area contributed by atoms with E-state index < -0.39 is 19.0 Å². The maximum Gasteiger partial charge on any atom is 0.488 e. The number of hydrogen-bond acceptors (Lipinski definition) is 6. The topological polar surface area (TPSA) is 107 Å². The summed E-state index contributed by atoms with van der Waals surface area (Å²) in [6.07, 6.45) is 6.02. The number of nitrogens with zero attached hydrogens (tertiary/aromatic N) is 1. The largest absolute Gasteiger partial charge is 0.507 e. The van der Waals surface area contributed by atoms with Crippen molar-refractivity contribution in [1.29, 1.82) is 0 Å². The lowest BCUT2D eigenvalue weighted by atomic mass is 9.67. The molecule has 0 unspecified atom stereocenters. The van der Waals surface area contributed by atoms with Gasteiger partial charge < -0.3 is 19.9 Å². The Balaban J connectivity index is 1.41. The first-order chi connectivity index (χ1) is 19.2. The molecule has 3 N–H and O–H groups in total. The van der Waals surface area contributed by atoms with Crippen molar-refractivity contribution < 1.29 is 29.5 Å². The van der Waals surface area contributed by atoms with Gasteiger partial charge in [0.05, 0.1) is 30.2 Å². The summed E-state index contributed by atoms with van der Waals surface area (Å²) in [5.74, 6) is -1.05. The number of carbonyl (C=O) groups excluding carboxylic acids is 2. The Bertz CT molecular complexity index is 1350. The van der Waals surface area contributed by atoms with E-state index in [4.69, 9.17) is 4.74 Å². The lowest BCUT2D eigenvalue weighted by Gasteiger charge is -2.33. The predicted molar refractivity (Wildman–Crippen MR) is 156 cm³/mol. The third kappa shape index (κ3) is 5.28. The fourth-order valence-electron chi connectivity index (χ4n) is 6.77. The van der Waals surface area contributed by atoms with E-state index in [0.717, 1.165) is 31.2 Å². The van der Waals surface area contributed by atoms with Crippen molar-refractivity contribution in [2.45, 2.75) is 59.0 Å². The first-order valence-corrected chi connectivity index (χ1v) is 14.4. The van der Waals surface area contributed by atoms with Gasteiger partial charge in [-0.1, -0.05) is 74.7 Å². The summed E-state index contributed by atoms with van der Waals surface area (Å²) in [5, 5.41) is 29.5. The Hall–Kier alpha value is -3.20. The monoisotopic (exact) mass is 543 g/mol. The molecule has 210 valence electrons. The van der Waals surface area contributed by atoms with Crippen LogP contribution in [0.15, 0.2) is 65.3 Å². The van der Waals surface area contributed by atoms with Crippen LogP contribution < -0.4 is 10.4 Å². The number of anilines is 1. The smallest absolute Gasteiger partial charge is 0.488 e. The summed E-state index contributed by atoms with van der Waals surface area (Å²) >= 11 is 0. The Morgan fingerprint density at radius 1 is 1.07 bits per heavy atom. The van der Waals surface area contributed by atoms with E-state index in [9.17, 15) is 24.7 Å². The highest BCUT2D eigenvalue weighted by molar-refractivity contribution is 6.58. The zero-order chi connectivity index (χ0) is 28.6. The van der Waals surface area contributed by atoms with Crippen LogP contribution in [0.1, 0.15) is 58.4 Å². The number of benzene rings is 2. The van der Waals surface area contributed by atoms with Gasteiger partial charge in [0, 0.05) is 11.5 Å². The second kappa shape index (κ2) is 11.7. The van der Waals surface area contributed by atoms with Crippen molar-refractivity contribution in [2.24, 2.45) is 23.7 Å². The number of allylic oxidation sites excluding steroid dienone is 2. The minimum Gasteiger partial charge on any atom is -0.507 e. The molecule has 0 spiro atoms. The molecule has 5 rings (SSSR count). The van der Waals surface area contributed by atoms with Crippen molar-refractivity contribution in [1.82, 2.24) is 0 Å². The van der Waals surface area contributed by atoms with Crippen molar-refractivity contribution in [3.05, 3.63) is 70.8 Å². The van der Waals surface area contributed by atoms with Crippen molar-refractivity contribution >= 4 is 36.2 Å². The molecule has 1 aliphatic carbocycles. The van der Waals surface area contributed by atoms with E-state index in [1.807, 2.05) is 18.2 Å². The van der Waals surface area contributed by atoms with Crippen LogP contribution in [0.25, 0.3) is 6.08 Å². The van der Waals surface area contributed by atoms with Gasteiger partial charge in [0.2, 0.25) is 11.8 Å². The number of phenols is 1. The molecule has 8 heteroatoms. The summed E-state index contributed by atoms with van der Waals surface area (Å²) in [6, 6.07) is 13.7. The summed E-state index contributed by atoms with van der Waals surface area (Å²) in [6.45, 7) is 6.83. The SMILES string of the molecule is CCC/C(=C\c1ccccc1O)CC[C@H]1OC[C@H]2C1=C(C(C)C)C[C@H]1C(=O)N(c3cccc(B(O)O)c3)C(=O)[C@H]12. The number of carbonyl (C=O) groups is 2. The highest BCUT2D eigenvalue weighted by atomic mass is 16.5. The van der Waals surface area contributed by atoms with Crippen LogP contribution in [0.4, 0.5) is 5.69 Å². The van der Waals surface area contributed by atoms with E-state index in [1.165, 1.54) is 27.7 Å². The van der Waals surface area contributed by atoms with Crippen LogP contribution in [0, 0.1) is 23.7 Å². The van der Waals surface area contributed by atoms with E-state index in [1.54, 1.807) is 24.3 Å². The Labute approximate surface area is 236 Å². The second-order valence-corrected chi connectivity index (χ2v) is 11.5. The van der Waals surface area contributed by atoms with Gasteiger partial charge in [0.15, 0.2) is 0 Å². The second-order valence-electron chi connectivity index (χ2n) is 11.5. The third-order valence-corrected chi connectivity index (χ3v) is 8.66. The number of hydrogen-bond donors (Lipinski definition) is 3. The van der Waals surface area contributed by atoms with Crippen molar-refractivity contribution in [2.75, 3.05) is 11.5 Å². The molecule has 3 aliphatic rings. The number of para-hydroxylation sites is 1. The van der Waals surface area contributed by atoms with Gasteiger partial charge in [-0.25, -0.2) is 0 Å². The van der Waals surface area contributed by atoms with Crippen molar-refractivity contribution in [3.8, 4) is 5.75 Å². The minimum absolute atomic E-state index is 0.113. The highest BCUT2D eigenvalue weighted by Crippen LogP contribution is 2.52. The number of phenolic OH excluding ortho intramolecular Hbond substituents is 1. The van der Waals surface area contributed by atoms with E-state index in [0.29, 0.717) is 18.7 Å². The third-order valence-electron chi connectivity index (χ3n) is 8.66. The van der Waals surface area contributed by atoms with Gasteiger partial charge in [-0.05, 0) is 60.8 Å². The molecular formula is C32H38BNO6. The molecule has 2 heterocycles. The average Bonchev–Trinajstić information content (AvgIpc) is 3.46. The van der Waals surface area contributed by atoms with Gasteiger partial charge in [-0.2, -0.15) is 0 Å². The number of ether oxygens (including phenoxy) is 1. The maximum atomic E-state index is 13.8. The molecule has 0 saturated carbocycles. The Morgan fingerprint density at radius 3 is 2.55 bits per heavy atom. The molecule has 2 aromatic rings. The number of imide groups is 1. The maximum absolute atomic E-state index is 13.8. The number of rotatable bonds is 9. The summed E-state index contributed by atoms with van der Waals surface area (Å²) in [5.41, 5.74) is 5.08.